The van der Waals surface area contributed by atoms with Crippen molar-refractivity contribution in [2.24, 2.45) is 0 Å². The molecule has 0 atom stereocenters. The van der Waals surface area contributed by atoms with Crippen LogP contribution in [0, 0.1) is 13.8 Å². The van der Waals surface area contributed by atoms with Crippen LogP contribution in [0.3, 0.4) is 0 Å². The van der Waals surface area contributed by atoms with Crippen molar-refractivity contribution in [2.75, 3.05) is 6.54 Å². The number of hydrogen-bond acceptors (Lipinski definition) is 3. The van der Waals surface area contributed by atoms with Crippen LogP contribution in [0.15, 0.2) is 24.5 Å². The van der Waals surface area contributed by atoms with Gasteiger partial charge in [0.15, 0.2) is 0 Å². The monoisotopic (exact) mass is 258 g/mol. The Kier molecular flexibility index (Phi) is 4.68. The third-order valence-corrected chi connectivity index (χ3v) is 3.34. The molecule has 2 heterocycles. The molecule has 0 aliphatic heterocycles. The van der Waals surface area contributed by atoms with Crippen LogP contribution < -0.4 is 5.32 Å². The number of aryl methyl sites for hydroxylation is 1. The molecule has 0 amide bonds. The molecule has 0 unspecified atom stereocenters. The average molecular weight is 258 g/mol. The van der Waals surface area contributed by atoms with Gasteiger partial charge in [-0.1, -0.05) is 6.92 Å². The smallest absolute Gasteiger partial charge is 0.0663 e. The Morgan fingerprint density at radius 2 is 1.95 bits per heavy atom. The highest BCUT2D eigenvalue weighted by atomic mass is 15.3. The van der Waals surface area contributed by atoms with Gasteiger partial charge >= 0.3 is 0 Å². The predicted octanol–water partition coefficient (Wildman–Crippen LogP) is 2.44. The van der Waals surface area contributed by atoms with Crippen LogP contribution in [0.4, 0.5) is 0 Å². The first kappa shape index (κ1) is 13.7. The summed E-state index contributed by atoms with van der Waals surface area (Å²) in [5.74, 6) is 0. The van der Waals surface area contributed by atoms with Crippen molar-refractivity contribution in [3.8, 4) is 0 Å². The van der Waals surface area contributed by atoms with Gasteiger partial charge in [-0.15, -0.1) is 0 Å². The molecule has 102 valence electrons. The Bertz CT molecular complexity index is 516. The van der Waals surface area contributed by atoms with Crippen LogP contribution in [0.25, 0.3) is 0 Å². The molecule has 0 aliphatic carbocycles. The van der Waals surface area contributed by atoms with Crippen LogP contribution in [0.2, 0.25) is 0 Å². The first-order chi connectivity index (χ1) is 9.22. The maximum atomic E-state index is 4.64. The summed E-state index contributed by atoms with van der Waals surface area (Å²) in [6, 6.07) is 4.07. The number of rotatable bonds is 6. The molecular formula is C15H22N4. The van der Waals surface area contributed by atoms with Gasteiger partial charge in [-0.3, -0.25) is 9.67 Å². The summed E-state index contributed by atoms with van der Waals surface area (Å²) >= 11 is 0. The summed E-state index contributed by atoms with van der Waals surface area (Å²) in [5.41, 5.74) is 4.92. The molecular weight excluding hydrogens is 236 g/mol. The van der Waals surface area contributed by atoms with Crippen molar-refractivity contribution in [3.05, 3.63) is 47.0 Å². The number of pyridine rings is 1. The summed E-state index contributed by atoms with van der Waals surface area (Å²) < 4.78 is 2.08. The summed E-state index contributed by atoms with van der Waals surface area (Å²) in [6.07, 6.45) is 4.80. The van der Waals surface area contributed by atoms with Crippen LogP contribution in [0.5, 0.6) is 0 Å². The predicted molar refractivity (Wildman–Crippen MR) is 77.0 cm³/mol. The molecule has 4 nitrogen and oxygen atoms in total. The lowest BCUT2D eigenvalue weighted by Crippen LogP contribution is -2.15. The zero-order valence-corrected chi connectivity index (χ0v) is 12.0. The van der Waals surface area contributed by atoms with E-state index in [0.29, 0.717) is 0 Å². The molecule has 2 rings (SSSR count). The van der Waals surface area contributed by atoms with E-state index in [9.17, 15) is 0 Å². The highest BCUT2D eigenvalue weighted by Gasteiger charge is 2.11. The van der Waals surface area contributed by atoms with Gasteiger partial charge in [0.25, 0.3) is 0 Å². The molecule has 0 aromatic carbocycles. The Morgan fingerprint density at radius 1 is 1.21 bits per heavy atom. The Balaban J connectivity index is 2.12. The summed E-state index contributed by atoms with van der Waals surface area (Å²) in [4.78, 5) is 4.04. The molecule has 1 N–H and O–H groups in total. The Morgan fingerprint density at radius 3 is 2.63 bits per heavy atom. The fraction of sp³-hybridized carbons (Fsp3) is 0.467. The molecule has 2 aromatic rings. The van der Waals surface area contributed by atoms with Gasteiger partial charge in [0.05, 0.1) is 12.2 Å². The highest BCUT2D eigenvalue weighted by Crippen LogP contribution is 2.14. The zero-order chi connectivity index (χ0) is 13.7. The topological polar surface area (TPSA) is 42.7 Å². The minimum Gasteiger partial charge on any atom is -0.313 e. The first-order valence-corrected chi connectivity index (χ1v) is 6.85. The number of aromatic nitrogens is 3. The van der Waals surface area contributed by atoms with Gasteiger partial charge in [0.2, 0.25) is 0 Å². The number of nitrogens with one attached hydrogen (secondary N) is 1. The normalized spacial score (nSPS) is 10.9. The number of hydrogen-bond donors (Lipinski definition) is 1. The van der Waals surface area contributed by atoms with Crippen molar-refractivity contribution in [1.29, 1.82) is 0 Å². The Hall–Kier alpha value is -1.68. The molecule has 0 spiro atoms. The minimum absolute atomic E-state index is 0.809. The first-order valence-electron chi connectivity index (χ1n) is 6.85. The third kappa shape index (κ3) is 3.41. The molecule has 0 fully saturated rings. The Labute approximate surface area is 114 Å². The van der Waals surface area contributed by atoms with Crippen LogP contribution in [-0.4, -0.2) is 21.3 Å². The van der Waals surface area contributed by atoms with E-state index >= 15 is 0 Å². The SMILES string of the molecule is CCCNCc1c(C)nn(Cc2ccncc2)c1C. The van der Waals surface area contributed by atoms with Crippen molar-refractivity contribution in [2.45, 2.75) is 40.3 Å². The summed E-state index contributed by atoms with van der Waals surface area (Å²) in [6.45, 7) is 9.17. The van der Waals surface area contributed by atoms with Crippen molar-refractivity contribution >= 4 is 0 Å². The maximum Gasteiger partial charge on any atom is 0.0663 e. The van der Waals surface area contributed by atoms with E-state index in [1.807, 2.05) is 24.5 Å². The second kappa shape index (κ2) is 6.48. The van der Waals surface area contributed by atoms with Gasteiger partial charge in [-0.25, -0.2) is 0 Å². The standard InChI is InChI=1S/C15H22N4/c1-4-7-17-10-15-12(2)18-19(13(15)3)11-14-5-8-16-9-6-14/h5-6,8-9,17H,4,7,10-11H2,1-3H3. The lowest BCUT2D eigenvalue weighted by molar-refractivity contribution is 0.650. The molecule has 0 aliphatic rings. The van der Waals surface area contributed by atoms with Crippen LogP contribution in [-0.2, 0) is 13.1 Å². The van der Waals surface area contributed by atoms with E-state index in [2.05, 4.69) is 40.9 Å². The van der Waals surface area contributed by atoms with Crippen molar-refractivity contribution in [3.63, 3.8) is 0 Å². The van der Waals surface area contributed by atoms with Gasteiger partial charge in [-0.2, -0.15) is 5.10 Å². The fourth-order valence-electron chi connectivity index (χ4n) is 2.20. The maximum absolute atomic E-state index is 4.64. The molecule has 0 radical (unpaired) electrons. The zero-order valence-electron chi connectivity index (χ0n) is 12.0. The molecule has 2 aromatic heterocycles. The molecule has 0 bridgehead atoms. The van der Waals surface area contributed by atoms with E-state index in [4.69, 9.17) is 0 Å². The van der Waals surface area contributed by atoms with Gasteiger partial charge in [-0.05, 0) is 44.5 Å². The third-order valence-electron chi connectivity index (χ3n) is 3.34. The van der Waals surface area contributed by atoms with Crippen LogP contribution in [0.1, 0.15) is 35.9 Å². The number of nitrogens with zero attached hydrogens (tertiary/aromatic N) is 3. The fourth-order valence-corrected chi connectivity index (χ4v) is 2.20. The van der Waals surface area contributed by atoms with E-state index in [-0.39, 0.29) is 0 Å². The minimum atomic E-state index is 0.809. The van der Waals surface area contributed by atoms with Gasteiger partial charge in [0.1, 0.15) is 0 Å². The highest BCUT2D eigenvalue weighted by molar-refractivity contribution is 5.25. The van der Waals surface area contributed by atoms with Gasteiger partial charge in [0, 0.05) is 30.2 Å². The molecule has 0 saturated carbocycles. The molecule has 0 saturated heterocycles. The molecule has 19 heavy (non-hydrogen) atoms. The summed E-state index contributed by atoms with van der Waals surface area (Å²) in [7, 11) is 0. The van der Waals surface area contributed by atoms with Gasteiger partial charge < -0.3 is 5.32 Å². The van der Waals surface area contributed by atoms with E-state index in [1.54, 1.807) is 0 Å². The summed E-state index contributed by atoms with van der Waals surface area (Å²) in [5, 5.41) is 8.09. The average Bonchev–Trinajstić information content (AvgIpc) is 2.68. The van der Waals surface area contributed by atoms with Crippen molar-refractivity contribution < 1.29 is 0 Å². The van der Waals surface area contributed by atoms with E-state index < -0.39 is 0 Å². The van der Waals surface area contributed by atoms with Crippen LogP contribution >= 0.6 is 0 Å². The quantitative estimate of drug-likeness (QED) is 0.809. The van der Waals surface area contributed by atoms with E-state index in [1.165, 1.54) is 16.8 Å². The molecule has 4 heteroatoms. The second-order valence-corrected chi connectivity index (χ2v) is 4.84. The van der Waals surface area contributed by atoms with E-state index in [0.717, 1.165) is 31.7 Å². The lowest BCUT2D eigenvalue weighted by atomic mass is 10.2. The van der Waals surface area contributed by atoms with Crippen molar-refractivity contribution in [1.82, 2.24) is 20.1 Å². The lowest BCUT2D eigenvalue weighted by Gasteiger charge is -2.06. The second-order valence-electron chi connectivity index (χ2n) is 4.84. The largest absolute Gasteiger partial charge is 0.313 e.